The summed E-state index contributed by atoms with van der Waals surface area (Å²) in [4.78, 5) is 0. The van der Waals surface area contributed by atoms with Crippen LogP contribution in [0.4, 0.5) is 4.39 Å². The lowest BCUT2D eigenvalue weighted by molar-refractivity contribution is 0.363. The maximum Gasteiger partial charge on any atom is 0.150 e. The summed E-state index contributed by atoms with van der Waals surface area (Å²) in [6, 6.07) is 6.66. The topological polar surface area (TPSA) is 38.1 Å². The number of aryl methyl sites for hydroxylation is 1. The van der Waals surface area contributed by atoms with Crippen molar-refractivity contribution in [1.29, 1.82) is 0 Å². The van der Waals surface area contributed by atoms with E-state index in [1.165, 1.54) is 6.07 Å². The molecule has 0 amide bonds. The third kappa shape index (κ3) is 3.09. The van der Waals surface area contributed by atoms with Crippen molar-refractivity contribution < 1.29 is 8.91 Å². The van der Waals surface area contributed by atoms with Gasteiger partial charge in [0.05, 0.1) is 17.3 Å². The third-order valence-electron chi connectivity index (χ3n) is 2.70. The summed E-state index contributed by atoms with van der Waals surface area (Å²) in [5.74, 6) is 0.354. The van der Waals surface area contributed by atoms with Crippen LogP contribution in [0.15, 0.2) is 28.8 Å². The molecule has 2 aromatic rings. The Balaban J connectivity index is 1.99. The van der Waals surface area contributed by atoms with E-state index in [2.05, 4.69) is 10.5 Å². The molecule has 3 nitrogen and oxygen atoms in total. The minimum atomic E-state index is -0.404. The zero-order chi connectivity index (χ0) is 13.1. The lowest BCUT2D eigenvalue weighted by Crippen LogP contribution is -2.17. The normalized spacial score (nSPS) is 12.7. The van der Waals surface area contributed by atoms with Gasteiger partial charge in [0.25, 0.3) is 0 Å². The average Bonchev–Trinajstić information content (AvgIpc) is 2.75. The number of hydrogen-bond donors (Lipinski definition) is 1. The first-order valence-electron chi connectivity index (χ1n) is 5.67. The molecule has 1 aromatic heterocycles. The first kappa shape index (κ1) is 13.1. The second-order valence-corrected chi connectivity index (χ2v) is 4.62. The van der Waals surface area contributed by atoms with Crippen LogP contribution in [0.3, 0.4) is 0 Å². The molecule has 1 unspecified atom stereocenters. The zero-order valence-corrected chi connectivity index (χ0v) is 11.0. The highest BCUT2D eigenvalue weighted by molar-refractivity contribution is 6.30. The van der Waals surface area contributed by atoms with Crippen LogP contribution in [-0.4, -0.2) is 5.16 Å². The molecular formula is C13H14ClFN2O. The SMILES string of the molecule is Cc1cc(CNC(C)c2ccc(Cl)c(F)c2)on1. The van der Waals surface area contributed by atoms with E-state index in [-0.39, 0.29) is 11.1 Å². The van der Waals surface area contributed by atoms with Crippen molar-refractivity contribution in [3.05, 3.63) is 52.1 Å². The molecule has 0 aliphatic rings. The predicted molar refractivity (Wildman–Crippen MR) is 67.9 cm³/mol. The quantitative estimate of drug-likeness (QED) is 0.920. The Bertz CT molecular complexity index is 542. The Morgan fingerprint density at radius 1 is 1.44 bits per heavy atom. The van der Waals surface area contributed by atoms with Crippen molar-refractivity contribution in [3.8, 4) is 0 Å². The molecule has 2 rings (SSSR count). The van der Waals surface area contributed by atoms with Gasteiger partial charge in [-0.2, -0.15) is 0 Å². The molecular weight excluding hydrogens is 255 g/mol. The number of rotatable bonds is 4. The molecule has 18 heavy (non-hydrogen) atoms. The maximum atomic E-state index is 13.3. The van der Waals surface area contributed by atoms with Crippen LogP contribution in [0.25, 0.3) is 0 Å². The number of aromatic nitrogens is 1. The fourth-order valence-electron chi connectivity index (χ4n) is 1.65. The lowest BCUT2D eigenvalue weighted by atomic mass is 10.1. The molecule has 0 aliphatic heterocycles. The summed E-state index contributed by atoms with van der Waals surface area (Å²) < 4.78 is 18.4. The number of hydrogen-bond acceptors (Lipinski definition) is 3. The molecule has 5 heteroatoms. The highest BCUT2D eigenvalue weighted by atomic mass is 35.5. The Morgan fingerprint density at radius 3 is 2.83 bits per heavy atom. The van der Waals surface area contributed by atoms with Gasteiger partial charge in [-0.1, -0.05) is 22.8 Å². The Labute approximate surface area is 110 Å². The van der Waals surface area contributed by atoms with Crippen LogP contribution < -0.4 is 5.32 Å². The summed E-state index contributed by atoms with van der Waals surface area (Å²) >= 11 is 5.64. The summed E-state index contributed by atoms with van der Waals surface area (Å²) in [7, 11) is 0. The minimum Gasteiger partial charge on any atom is -0.360 e. The Hall–Kier alpha value is -1.39. The number of nitrogens with one attached hydrogen (secondary N) is 1. The van der Waals surface area contributed by atoms with Gasteiger partial charge in [0.1, 0.15) is 5.82 Å². The van der Waals surface area contributed by atoms with Gasteiger partial charge in [0.15, 0.2) is 5.76 Å². The minimum absolute atomic E-state index is 0.00201. The van der Waals surface area contributed by atoms with Crippen molar-refractivity contribution in [2.24, 2.45) is 0 Å². The van der Waals surface area contributed by atoms with Gasteiger partial charge in [-0.15, -0.1) is 0 Å². The van der Waals surface area contributed by atoms with Gasteiger partial charge in [-0.3, -0.25) is 0 Å². The van der Waals surface area contributed by atoms with E-state index in [4.69, 9.17) is 16.1 Å². The monoisotopic (exact) mass is 268 g/mol. The van der Waals surface area contributed by atoms with E-state index in [1.807, 2.05) is 19.9 Å². The first-order valence-corrected chi connectivity index (χ1v) is 6.04. The van der Waals surface area contributed by atoms with Gasteiger partial charge < -0.3 is 9.84 Å². The number of nitrogens with zero attached hydrogens (tertiary/aromatic N) is 1. The van der Waals surface area contributed by atoms with Gasteiger partial charge in [-0.25, -0.2) is 4.39 Å². The van der Waals surface area contributed by atoms with Crippen molar-refractivity contribution in [1.82, 2.24) is 10.5 Å². The summed E-state index contributed by atoms with van der Waals surface area (Å²) in [5, 5.41) is 7.17. The summed E-state index contributed by atoms with van der Waals surface area (Å²) in [6.07, 6.45) is 0. The fourth-order valence-corrected chi connectivity index (χ4v) is 1.77. The van der Waals surface area contributed by atoms with E-state index < -0.39 is 5.82 Å². The second-order valence-electron chi connectivity index (χ2n) is 4.21. The van der Waals surface area contributed by atoms with Gasteiger partial charge in [-0.05, 0) is 31.5 Å². The van der Waals surface area contributed by atoms with Crippen LogP contribution >= 0.6 is 11.6 Å². The fraction of sp³-hybridized carbons (Fsp3) is 0.308. The molecule has 0 spiro atoms. The standard InChI is InChI=1S/C13H14ClFN2O/c1-8-5-11(18-17-8)7-16-9(2)10-3-4-12(14)13(15)6-10/h3-6,9,16H,7H2,1-2H3. The lowest BCUT2D eigenvalue weighted by Gasteiger charge is -2.13. The highest BCUT2D eigenvalue weighted by Gasteiger charge is 2.09. The first-order chi connectivity index (χ1) is 8.56. The second kappa shape index (κ2) is 5.50. The van der Waals surface area contributed by atoms with E-state index in [0.717, 1.165) is 17.0 Å². The Kier molecular flexibility index (Phi) is 3.99. The average molecular weight is 269 g/mol. The van der Waals surface area contributed by atoms with E-state index >= 15 is 0 Å². The highest BCUT2D eigenvalue weighted by Crippen LogP contribution is 2.20. The van der Waals surface area contributed by atoms with Crippen molar-refractivity contribution in [2.45, 2.75) is 26.4 Å². The van der Waals surface area contributed by atoms with Crippen molar-refractivity contribution in [3.63, 3.8) is 0 Å². The molecule has 0 aliphatic carbocycles. The van der Waals surface area contributed by atoms with Crippen LogP contribution in [0.2, 0.25) is 5.02 Å². The van der Waals surface area contributed by atoms with Crippen LogP contribution in [0, 0.1) is 12.7 Å². The van der Waals surface area contributed by atoms with Gasteiger partial charge in [0.2, 0.25) is 0 Å². The number of benzene rings is 1. The van der Waals surface area contributed by atoms with Crippen LogP contribution in [-0.2, 0) is 6.54 Å². The van der Waals surface area contributed by atoms with Gasteiger partial charge >= 0.3 is 0 Å². The van der Waals surface area contributed by atoms with Gasteiger partial charge in [0, 0.05) is 12.1 Å². The molecule has 0 bridgehead atoms. The Morgan fingerprint density at radius 2 is 2.22 bits per heavy atom. The predicted octanol–water partition coefficient (Wildman–Crippen LogP) is 3.63. The maximum absolute atomic E-state index is 13.3. The summed E-state index contributed by atoms with van der Waals surface area (Å²) in [5.41, 5.74) is 1.69. The molecule has 1 aromatic carbocycles. The van der Waals surface area contributed by atoms with E-state index in [9.17, 15) is 4.39 Å². The largest absolute Gasteiger partial charge is 0.360 e. The smallest absolute Gasteiger partial charge is 0.150 e. The van der Waals surface area contributed by atoms with Crippen molar-refractivity contribution in [2.75, 3.05) is 0 Å². The third-order valence-corrected chi connectivity index (χ3v) is 3.01. The zero-order valence-electron chi connectivity index (χ0n) is 10.2. The molecule has 1 N–H and O–H groups in total. The number of halogens is 2. The molecule has 96 valence electrons. The van der Waals surface area contributed by atoms with E-state index in [1.54, 1.807) is 12.1 Å². The molecule has 0 fully saturated rings. The summed E-state index contributed by atoms with van der Waals surface area (Å²) in [6.45, 7) is 4.36. The molecule has 0 saturated carbocycles. The van der Waals surface area contributed by atoms with Crippen molar-refractivity contribution >= 4 is 11.6 Å². The molecule has 0 saturated heterocycles. The van der Waals surface area contributed by atoms with Crippen LogP contribution in [0.1, 0.15) is 30.0 Å². The van der Waals surface area contributed by atoms with E-state index in [0.29, 0.717) is 6.54 Å². The molecule has 0 radical (unpaired) electrons. The molecule has 1 heterocycles. The molecule has 1 atom stereocenters. The van der Waals surface area contributed by atoms with Crippen LogP contribution in [0.5, 0.6) is 0 Å².